The summed E-state index contributed by atoms with van der Waals surface area (Å²) in [4.78, 5) is 15.0. The van der Waals surface area contributed by atoms with Gasteiger partial charge in [0.2, 0.25) is 0 Å². The van der Waals surface area contributed by atoms with Crippen LogP contribution >= 0.6 is 0 Å². The first-order valence-corrected chi connectivity index (χ1v) is 7.85. The standard InChI is InChI=1S/C13H14F14N4O/c1-31(2)5-3-4-28-6(8(14,15)10(18,19)12(22,23)24)29-30-7(32)9(16,17)11(20,21)13(25,26)27/h3-5H2,1-2H3,(H,28,29)(H,30,32). The number of amidine groups is 1. The van der Waals surface area contributed by atoms with Gasteiger partial charge in [0.1, 0.15) is 0 Å². The fraction of sp³-hybridized carbons (Fsp3) is 0.846. The molecular weight excluding hydrogens is 494 g/mol. The Labute approximate surface area is 169 Å². The van der Waals surface area contributed by atoms with E-state index >= 15 is 0 Å². The van der Waals surface area contributed by atoms with E-state index in [9.17, 15) is 66.3 Å². The van der Waals surface area contributed by atoms with Crippen LogP contribution in [0.5, 0.6) is 0 Å². The van der Waals surface area contributed by atoms with Crippen LogP contribution in [-0.4, -0.2) is 79.9 Å². The molecule has 0 aliphatic rings. The average Bonchev–Trinajstić information content (AvgIpc) is 2.57. The van der Waals surface area contributed by atoms with E-state index in [1.54, 1.807) is 0 Å². The van der Waals surface area contributed by atoms with E-state index in [1.165, 1.54) is 19.0 Å². The molecule has 5 nitrogen and oxygen atoms in total. The molecule has 2 N–H and O–H groups in total. The number of hydrogen-bond donors (Lipinski definition) is 2. The third-order valence-corrected chi connectivity index (χ3v) is 3.41. The number of nitrogens with one attached hydrogen (secondary N) is 2. The van der Waals surface area contributed by atoms with Gasteiger partial charge in [0.15, 0.2) is 5.84 Å². The fourth-order valence-corrected chi connectivity index (χ4v) is 1.64. The van der Waals surface area contributed by atoms with E-state index in [1.807, 2.05) is 0 Å². The van der Waals surface area contributed by atoms with Crippen LogP contribution in [0.3, 0.4) is 0 Å². The van der Waals surface area contributed by atoms with Crippen molar-refractivity contribution >= 4 is 11.7 Å². The van der Waals surface area contributed by atoms with Gasteiger partial charge in [-0.1, -0.05) is 0 Å². The van der Waals surface area contributed by atoms with Crippen LogP contribution in [0.4, 0.5) is 61.5 Å². The summed E-state index contributed by atoms with van der Waals surface area (Å²) >= 11 is 0. The van der Waals surface area contributed by atoms with Gasteiger partial charge in [-0.2, -0.15) is 61.5 Å². The third kappa shape index (κ3) is 6.03. The Morgan fingerprint density at radius 2 is 1.12 bits per heavy atom. The number of amides is 1. The van der Waals surface area contributed by atoms with E-state index in [4.69, 9.17) is 0 Å². The summed E-state index contributed by atoms with van der Waals surface area (Å²) in [6, 6.07) is 0. The quantitative estimate of drug-likeness (QED) is 0.173. The first kappa shape index (κ1) is 29.9. The molecule has 0 unspecified atom stereocenters. The summed E-state index contributed by atoms with van der Waals surface area (Å²) in [6.45, 7) is -0.991. The van der Waals surface area contributed by atoms with Crippen LogP contribution in [-0.2, 0) is 4.79 Å². The normalized spacial score (nSPS) is 15.2. The summed E-state index contributed by atoms with van der Waals surface area (Å²) in [5.74, 6) is -33.6. The van der Waals surface area contributed by atoms with Crippen molar-refractivity contribution in [1.29, 1.82) is 0 Å². The molecule has 19 heteroatoms. The number of carbonyl (C=O) groups excluding carboxylic acids is 1. The van der Waals surface area contributed by atoms with E-state index in [-0.39, 0.29) is 18.4 Å². The number of nitrogens with zero attached hydrogens (tertiary/aromatic N) is 2. The van der Waals surface area contributed by atoms with Gasteiger partial charge >= 0.3 is 41.9 Å². The molecule has 0 spiro atoms. The highest BCUT2D eigenvalue weighted by Gasteiger charge is 2.77. The number of alkyl halides is 14. The molecule has 0 rings (SSSR count). The molecule has 0 bridgehead atoms. The lowest BCUT2D eigenvalue weighted by Crippen LogP contribution is -2.65. The zero-order chi connectivity index (χ0) is 26.0. The highest BCUT2D eigenvalue weighted by atomic mass is 19.4. The Bertz CT molecular complexity index is 683. The highest BCUT2D eigenvalue weighted by Crippen LogP contribution is 2.48. The number of rotatable bonds is 8. The van der Waals surface area contributed by atoms with Gasteiger partial charge in [-0.15, -0.1) is 0 Å². The Morgan fingerprint density at radius 1 is 0.719 bits per heavy atom. The minimum atomic E-state index is -7.06. The minimum Gasteiger partial charge on any atom is -0.309 e. The molecule has 0 atom stereocenters. The molecule has 0 heterocycles. The molecule has 0 saturated heterocycles. The monoisotopic (exact) mass is 508 g/mol. The molecule has 0 radical (unpaired) electrons. The van der Waals surface area contributed by atoms with Crippen molar-refractivity contribution in [2.45, 2.75) is 42.5 Å². The van der Waals surface area contributed by atoms with Gasteiger partial charge in [0.25, 0.3) is 0 Å². The Morgan fingerprint density at radius 3 is 1.50 bits per heavy atom. The van der Waals surface area contributed by atoms with Gasteiger partial charge in [0, 0.05) is 6.54 Å². The zero-order valence-corrected chi connectivity index (χ0v) is 15.7. The summed E-state index contributed by atoms with van der Waals surface area (Å²) in [7, 11) is 2.83. The molecule has 32 heavy (non-hydrogen) atoms. The van der Waals surface area contributed by atoms with Gasteiger partial charge in [0.05, 0.1) is 0 Å². The number of hydrogen-bond acceptors (Lipinski definition) is 3. The topological polar surface area (TPSA) is 56.7 Å². The predicted octanol–water partition coefficient (Wildman–Crippen LogP) is 3.62. The average molecular weight is 508 g/mol. The lowest BCUT2D eigenvalue weighted by molar-refractivity contribution is -0.344. The van der Waals surface area contributed by atoms with Crippen molar-refractivity contribution in [1.82, 2.24) is 15.8 Å². The van der Waals surface area contributed by atoms with Crippen molar-refractivity contribution in [3.8, 4) is 0 Å². The Kier molecular flexibility index (Phi) is 8.81. The molecule has 1 amide bonds. The molecule has 0 fully saturated rings. The Balaban J connectivity index is 5.93. The largest absolute Gasteiger partial charge is 0.460 e. The molecule has 190 valence electrons. The maximum absolute atomic E-state index is 13.8. The molecule has 0 aromatic heterocycles. The maximum atomic E-state index is 13.8. The van der Waals surface area contributed by atoms with Crippen LogP contribution in [0.1, 0.15) is 6.42 Å². The van der Waals surface area contributed by atoms with Crippen LogP contribution in [0.2, 0.25) is 0 Å². The van der Waals surface area contributed by atoms with Crippen molar-refractivity contribution in [3.05, 3.63) is 0 Å². The molecular formula is C13H14F14N4O. The SMILES string of the molecule is CN(C)CCCN=C(NNC(=O)C(F)(F)C(F)(F)C(F)(F)F)C(F)(F)C(F)(F)C(F)(F)F. The molecule has 0 aromatic rings. The second-order valence-corrected chi connectivity index (χ2v) is 6.26. The van der Waals surface area contributed by atoms with Crippen LogP contribution < -0.4 is 10.9 Å². The second-order valence-electron chi connectivity index (χ2n) is 6.26. The van der Waals surface area contributed by atoms with Gasteiger partial charge < -0.3 is 4.90 Å². The zero-order valence-electron chi connectivity index (χ0n) is 15.7. The van der Waals surface area contributed by atoms with Gasteiger partial charge in [-0.25, -0.2) is 0 Å². The number of halogens is 14. The second kappa shape index (κ2) is 9.42. The molecule has 0 aromatic carbocycles. The van der Waals surface area contributed by atoms with Crippen molar-refractivity contribution in [2.75, 3.05) is 27.2 Å². The van der Waals surface area contributed by atoms with Crippen molar-refractivity contribution in [3.63, 3.8) is 0 Å². The number of carbonyl (C=O) groups is 1. The van der Waals surface area contributed by atoms with Crippen LogP contribution in [0, 0.1) is 0 Å². The lowest BCUT2D eigenvalue weighted by atomic mass is 10.1. The fourth-order valence-electron chi connectivity index (χ4n) is 1.64. The first-order chi connectivity index (χ1) is 13.9. The van der Waals surface area contributed by atoms with E-state index < -0.39 is 54.3 Å². The van der Waals surface area contributed by atoms with E-state index in [0.717, 1.165) is 0 Å². The highest BCUT2D eigenvalue weighted by molar-refractivity contribution is 5.93. The molecule has 0 aliphatic carbocycles. The lowest BCUT2D eigenvalue weighted by Gasteiger charge is -2.30. The number of aliphatic imine (C=N–C) groups is 1. The maximum Gasteiger partial charge on any atom is 0.460 e. The van der Waals surface area contributed by atoms with Gasteiger partial charge in [-0.3, -0.25) is 20.6 Å². The Hall–Kier alpha value is -2.08. The minimum absolute atomic E-state index is 0.0136. The summed E-state index contributed by atoms with van der Waals surface area (Å²) < 4.78 is 179. The third-order valence-electron chi connectivity index (χ3n) is 3.41. The van der Waals surface area contributed by atoms with Crippen LogP contribution in [0.15, 0.2) is 4.99 Å². The summed E-state index contributed by atoms with van der Waals surface area (Å²) in [5, 5.41) is 0. The smallest absolute Gasteiger partial charge is 0.309 e. The van der Waals surface area contributed by atoms with E-state index in [2.05, 4.69) is 4.99 Å². The van der Waals surface area contributed by atoms with E-state index in [0.29, 0.717) is 5.43 Å². The molecule has 0 aliphatic heterocycles. The van der Waals surface area contributed by atoms with Crippen LogP contribution in [0.25, 0.3) is 0 Å². The first-order valence-electron chi connectivity index (χ1n) is 7.85. The molecule has 0 saturated carbocycles. The summed E-state index contributed by atoms with van der Waals surface area (Å²) in [5.41, 5.74) is 0.522. The number of hydrazine groups is 1. The van der Waals surface area contributed by atoms with Crippen molar-refractivity contribution in [2.24, 2.45) is 4.99 Å². The van der Waals surface area contributed by atoms with Crippen molar-refractivity contribution < 1.29 is 66.3 Å². The predicted molar refractivity (Wildman–Crippen MR) is 78.6 cm³/mol. The summed E-state index contributed by atoms with van der Waals surface area (Å²) in [6.07, 6.45) is -14.3. The van der Waals surface area contributed by atoms with Gasteiger partial charge in [-0.05, 0) is 27.1 Å².